The van der Waals surface area contributed by atoms with Gasteiger partial charge in [-0.05, 0) is 276 Å². The third-order valence-electron chi connectivity index (χ3n) is 15.3. The predicted molar refractivity (Wildman–Crippen MR) is 478 cm³/mol. The molecule has 30 nitrogen and oxygen atoms in total. The lowest BCUT2D eigenvalue weighted by atomic mass is 9.72. The van der Waals surface area contributed by atoms with Crippen molar-refractivity contribution in [2.45, 2.75) is 235 Å². The fraction of sp³-hybridized carbons (Fsp3) is 0.562. The summed E-state index contributed by atoms with van der Waals surface area (Å²) >= 11 is 35.4. The van der Waals surface area contributed by atoms with Crippen LogP contribution in [0.4, 0.5) is 28.8 Å². The van der Waals surface area contributed by atoms with Crippen molar-refractivity contribution in [2.24, 2.45) is 17.3 Å². The van der Waals surface area contributed by atoms with Crippen molar-refractivity contribution >= 4 is 208 Å². The highest BCUT2D eigenvalue weighted by Gasteiger charge is 2.32. The maximum atomic E-state index is 11.9. The second kappa shape index (κ2) is 55.1. The number of nitrogens with zero attached hydrogens (tertiary/aromatic N) is 12. The number of rotatable bonds is 14. The fourth-order valence-corrected chi connectivity index (χ4v) is 14.0. The van der Waals surface area contributed by atoms with Crippen LogP contribution >= 0.6 is 146 Å². The summed E-state index contributed by atoms with van der Waals surface area (Å²) in [5.41, 5.74) is 10.8. The van der Waals surface area contributed by atoms with E-state index in [0.717, 1.165) is 205 Å². The van der Waals surface area contributed by atoms with Gasteiger partial charge in [-0.2, -0.15) is 30.6 Å². The topological polar surface area (TPSA) is 320 Å². The van der Waals surface area contributed by atoms with E-state index in [4.69, 9.17) is 122 Å². The van der Waals surface area contributed by atoms with E-state index in [-0.39, 0.29) is 24.9 Å². The summed E-state index contributed by atoms with van der Waals surface area (Å²) in [6.07, 6.45) is 6.38. The molecule has 1 saturated carbocycles. The zero-order valence-corrected chi connectivity index (χ0v) is 78.7. The maximum absolute atomic E-state index is 11.9. The molecule has 0 N–H and O–H groups in total. The Balaban J connectivity index is 0.000000471. The van der Waals surface area contributed by atoms with Crippen LogP contribution in [-0.2, 0) is 53.5 Å². The molecule has 42 heteroatoms. The molecule has 2 unspecified atom stereocenters. The molecule has 1 aliphatic rings. The Bertz CT molecular complexity index is 4180. The van der Waals surface area contributed by atoms with Gasteiger partial charge in [-0.15, -0.1) is 0 Å². The van der Waals surface area contributed by atoms with Crippen LogP contribution in [0, 0.1) is 100 Å². The van der Waals surface area contributed by atoms with Crippen LogP contribution in [0.25, 0.3) is 0 Å². The van der Waals surface area contributed by atoms with Crippen LogP contribution in [0.1, 0.15) is 202 Å². The molecule has 1 fully saturated rings. The minimum Gasteiger partial charge on any atom is -0.434 e. The Hall–Kier alpha value is -6.74. The van der Waals surface area contributed by atoms with E-state index >= 15 is 0 Å². The summed E-state index contributed by atoms with van der Waals surface area (Å²) in [6.45, 7) is 46.9. The van der Waals surface area contributed by atoms with Crippen molar-refractivity contribution in [3.05, 3.63) is 117 Å². The Morgan fingerprint density at radius 2 is 0.748 bits per heavy atom. The van der Waals surface area contributed by atoms with E-state index in [1.54, 1.807) is 39.5 Å². The highest BCUT2D eigenvalue weighted by atomic mass is 32.2. The highest BCUT2D eigenvalue weighted by molar-refractivity contribution is 8.22. The molecular formula is C73H106N12O18S12. The number of unbranched alkanes of at least 4 members (excludes halogenated alkanes) is 1. The molecule has 1 aliphatic carbocycles. The number of hydrogen-bond acceptors (Lipinski definition) is 36. The van der Waals surface area contributed by atoms with Crippen molar-refractivity contribution in [2.75, 3.05) is 19.8 Å². The summed E-state index contributed by atoms with van der Waals surface area (Å²) < 4.78 is 70.3. The molecule has 0 aromatic carbocycles. The summed E-state index contributed by atoms with van der Waals surface area (Å²) in [5.74, 6) is 1.07. The van der Waals surface area contributed by atoms with Gasteiger partial charge in [0.15, 0.2) is 0 Å². The normalized spacial score (nSPS) is 13.1. The molecule has 0 saturated heterocycles. The molecule has 0 amide bonds. The molecule has 0 bridgehead atoms. The second-order valence-electron chi connectivity index (χ2n) is 26.8. The molecule has 6 heterocycles. The van der Waals surface area contributed by atoms with Gasteiger partial charge in [-0.3, -0.25) is 0 Å². The minimum absolute atomic E-state index is 0.0565. The van der Waals surface area contributed by atoms with Gasteiger partial charge in [0.05, 0.1) is 53.5 Å². The molecule has 7 rings (SSSR count). The summed E-state index contributed by atoms with van der Waals surface area (Å²) in [5, 5.41) is 25.2. The van der Waals surface area contributed by atoms with Crippen molar-refractivity contribution in [1.82, 2.24) is 58.7 Å². The zero-order valence-electron chi connectivity index (χ0n) is 68.9. The van der Waals surface area contributed by atoms with Gasteiger partial charge >= 0.3 is 36.9 Å². The molecule has 2 atom stereocenters. The third-order valence-corrected chi connectivity index (χ3v) is 20.7. The second-order valence-corrected chi connectivity index (χ2v) is 35.0. The first-order chi connectivity index (χ1) is 54.0. The molecule has 115 heavy (non-hydrogen) atoms. The number of hydrogen-bond donors (Lipinski definition) is 0. The number of carbonyl (C=O) groups excluding carboxylic acids is 6. The summed E-state index contributed by atoms with van der Waals surface area (Å²) in [7, 11) is 0. The van der Waals surface area contributed by atoms with E-state index < -0.39 is 36.9 Å². The van der Waals surface area contributed by atoms with E-state index in [9.17, 15) is 28.8 Å². The van der Waals surface area contributed by atoms with E-state index in [1.807, 2.05) is 133 Å². The molecule has 0 aliphatic heterocycles. The predicted octanol–water partition coefficient (Wildman–Crippen LogP) is 21.2. The van der Waals surface area contributed by atoms with E-state index in [1.165, 1.54) is 15.4 Å². The molecule has 6 aromatic rings. The van der Waals surface area contributed by atoms with Crippen LogP contribution in [-0.4, -0.2) is 160 Å². The van der Waals surface area contributed by atoms with Crippen molar-refractivity contribution in [3.8, 4) is 0 Å². The monoisotopic (exact) mass is 1820 g/mol. The standard InChI is InChI=1S/C17H26N2O3S2.C15H24N2O3S2.C11H16N2O3S2.2C10H14N2O3S2.C10H12N2O3S2/c1-11-10-12(2)19(18-11)15(23)24-22-16(20)21-14-8-6-13(7-9-14)17(3,4)5;1-5-7-8-13(6-2)10-19-15(18)20-22-14(21)17-12(4)9-11(3)16-17;1-5-9(4)15-11(14)16-18-10(17)13-8(3)6-7(2)12-13;1-6(2)14-10(13)15-17-9(16)12-8(4)5-7(3)11-12;2*1-4-5-14-10(13)15-17-9(16)12-8(3)6-7(2)11-12/h10,13-14H,6-9H2,1-5H3;9,13H,5-8,10H2,1-4H3;6,9H,5H2,1-4H3;5-6H,1-4H3;6H,4-5H2,1-3H3;4,6H,1,5H2,2-3H3. The van der Waals surface area contributed by atoms with Crippen molar-refractivity contribution < 1.29 is 82.3 Å². The molecule has 0 radical (unpaired) electrons. The van der Waals surface area contributed by atoms with Crippen LogP contribution in [0.3, 0.4) is 0 Å². The first-order valence-corrected chi connectivity index (χ1v) is 43.2. The van der Waals surface area contributed by atoms with Gasteiger partial charge in [0.2, 0.25) is 25.9 Å². The average molecular weight is 1820 g/mol. The first kappa shape index (κ1) is 104. The van der Waals surface area contributed by atoms with E-state index in [2.05, 4.69) is 76.5 Å². The zero-order chi connectivity index (χ0) is 86.8. The smallest absolute Gasteiger partial charge is 0.434 e. The SMILES string of the molecule is C=CCOC(=O)OSC(=S)n1nc(C)cc1C.CCC(C)OC(=O)OSC(=S)n1nc(C)cc1C.CCCCC(CC)COC(=O)OSC(=S)n1nc(C)cc1C.CCCOC(=O)OSC(=S)n1nc(C)cc1C.Cc1cc(C)n(C(=S)SOC(=O)OC(C)C)n1.Cc1cc(C)n(C(=S)SOC(=O)OC2CCC(C(C)(C)C)CC2)n1. The van der Waals surface area contributed by atoms with Gasteiger partial charge in [0.25, 0.3) is 0 Å². The summed E-state index contributed by atoms with van der Waals surface area (Å²) in [6, 6.07) is 11.4. The lowest BCUT2D eigenvalue weighted by Crippen LogP contribution is -2.30. The largest absolute Gasteiger partial charge is 0.521 e. The number of thiocarbonyl (C=S) groups is 6. The van der Waals surface area contributed by atoms with Crippen LogP contribution < -0.4 is 0 Å². The third kappa shape index (κ3) is 42.0. The fourth-order valence-electron chi connectivity index (χ4n) is 9.66. The lowest BCUT2D eigenvalue weighted by Gasteiger charge is -2.36. The maximum Gasteiger partial charge on any atom is 0.521 e. The van der Waals surface area contributed by atoms with Crippen molar-refractivity contribution in [1.29, 1.82) is 0 Å². The summed E-state index contributed by atoms with van der Waals surface area (Å²) in [4.78, 5) is 68.0. The Labute approximate surface area is 732 Å². The Morgan fingerprint density at radius 1 is 0.443 bits per heavy atom. The number of carbonyl (C=O) groups is 6. The molecule has 0 spiro atoms. The van der Waals surface area contributed by atoms with Gasteiger partial charge in [0.1, 0.15) is 91.1 Å². The Kier molecular flexibility index (Phi) is 50.0. The molecule has 6 aromatic heterocycles. The molecular weight excluding hydrogens is 1720 g/mol. The number of aryl methyl sites for hydroxylation is 12. The average Bonchev–Trinajstić information content (AvgIpc) is 1.78. The van der Waals surface area contributed by atoms with Gasteiger partial charge < -0.3 is 53.5 Å². The lowest BCUT2D eigenvalue weighted by molar-refractivity contribution is 0.0249. The molecule has 638 valence electrons. The van der Waals surface area contributed by atoms with Crippen LogP contribution in [0.15, 0.2) is 49.1 Å². The minimum atomic E-state index is -0.807. The quantitative estimate of drug-likeness (QED) is 0.0321. The van der Waals surface area contributed by atoms with Crippen LogP contribution in [0.2, 0.25) is 0 Å². The van der Waals surface area contributed by atoms with Gasteiger partial charge in [-0.25, -0.2) is 56.9 Å². The number of ether oxygens (including phenoxy) is 6. The van der Waals surface area contributed by atoms with Gasteiger partial charge in [0, 0.05) is 34.2 Å². The van der Waals surface area contributed by atoms with Crippen molar-refractivity contribution in [3.63, 3.8) is 0 Å². The van der Waals surface area contributed by atoms with E-state index in [0.29, 0.717) is 56.4 Å². The Morgan fingerprint density at radius 3 is 1.02 bits per heavy atom. The van der Waals surface area contributed by atoms with Crippen LogP contribution in [0.5, 0.6) is 0 Å². The van der Waals surface area contributed by atoms with Gasteiger partial charge in [-0.1, -0.05) is 80.4 Å². The highest BCUT2D eigenvalue weighted by Crippen LogP contribution is 2.39. The number of aromatic nitrogens is 12. The first-order valence-electron chi connectivity index (χ1n) is 36.3.